The predicted octanol–water partition coefficient (Wildman–Crippen LogP) is 4.04. The number of benzene rings is 2. The Balaban J connectivity index is 1.94. The van der Waals surface area contributed by atoms with Crippen molar-refractivity contribution in [3.05, 3.63) is 64.7 Å². The largest absolute Gasteiger partial charge is 0.347 e. The fourth-order valence-electron chi connectivity index (χ4n) is 4.16. The van der Waals surface area contributed by atoms with Crippen LogP contribution in [0.3, 0.4) is 0 Å². The van der Waals surface area contributed by atoms with E-state index in [1.807, 2.05) is 51.1 Å². The highest BCUT2D eigenvalue weighted by molar-refractivity contribution is 7.92. The Morgan fingerprint density at radius 1 is 1.21 bits per heavy atom. The number of anilines is 1. The molecule has 1 N–H and O–H groups in total. The predicted molar refractivity (Wildman–Crippen MR) is 118 cm³/mol. The van der Waals surface area contributed by atoms with Gasteiger partial charge in [-0.1, -0.05) is 43.3 Å². The van der Waals surface area contributed by atoms with Crippen LogP contribution in [0.5, 0.6) is 0 Å². The lowest BCUT2D eigenvalue weighted by molar-refractivity contribution is -0.123. The van der Waals surface area contributed by atoms with Crippen molar-refractivity contribution in [3.8, 4) is 0 Å². The van der Waals surface area contributed by atoms with Crippen LogP contribution in [0, 0.1) is 13.8 Å². The summed E-state index contributed by atoms with van der Waals surface area (Å²) in [6, 6.07) is 13.0. The Morgan fingerprint density at radius 2 is 1.93 bits per heavy atom. The van der Waals surface area contributed by atoms with Gasteiger partial charge in [0.15, 0.2) is 0 Å². The van der Waals surface area contributed by atoms with Crippen molar-refractivity contribution in [3.63, 3.8) is 0 Å². The lowest BCUT2D eigenvalue weighted by atomic mass is 9.87. The molecule has 0 saturated carbocycles. The number of hydrogen-bond acceptors (Lipinski definition) is 3. The molecule has 2 aromatic carbocycles. The molecule has 1 amide bonds. The fraction of sp³-hybridized carbons (Fsp3) is 0.435. The van der Waals surface area contributed by atoms with E-state index in [1.54, 1.807) is 0 Å². The minimum absolute atomic E-state index is 0.0819. The van der Waals surface area contributed by atoms with Crippen LogP contribution in [-0.2, 0) is 21.2 Å². The quantitative estimate of drug-likeness (QED) is 0.776. The van der Waals surface area contributed by atoms with Gasteiger partial charge in [-0.15, -0.1) is 0 Å². The van der Waals surface area contributed by atoms with Gasteiger partial charge in [-0.25, -0.2) is 8.42 Å². The molecule has 0 bridgehead atoms. The van der Waals surface area contributed by atoms with Crippen LogP contribution in [-0.4, -0.2) is 26.6 Å². The Morgan fingerprint density at radius 3 is 2.62 bits per heavy atom. The van der Waals surface area contributed by atoms with Crippen molar-refractivity contribution in [2.24, 2.45) is 0 Å². The maximum Gasteiger partial charge on any atom is 0.244 e. The maximum absolute atomic E-state index is 13.3. The van der Waals surface area contributed by atoms with E-state index in [9.17, 15) is 13.2 Å². The number of carbonyl (C=O) groups excluding carboxylic acids is 1. The topological polar surface area (TPSA) is 66.5 Å². The van der Waals surface area contributed by atoms with Gasteiger partial charge in [0.25, 0.3) is 0 Å². The number of rotatable bonds is 6. The van der Waals surface area contributed by atoms with Gasteiger partial charge in [-0.2, -0.15) is 0 Å². The number of amides is 1. The first kappa shape index (κ1) is 21.4. The number of aryl methyl sites for hydroxylation is 3. The highest BCUT2D eigenvalue weighted by Gasteiger charge is 2.34. The second-order valence-electron chi connectivity index (χ2n) is 7.93. The summed E-state index contributed by atoms with van der Waals surface area (Å²) >= 11 is 0. The molecule has 1 aliphatic rings. The molecule has 2 aromatic rings. The normalized spacial score (nSPS) is 17.3. The minimum atomic E-state index is -3.64. The zero-order valence-corrected chi connectivity index (χ0v) is 18.4. The van der Waals surface area contributed by atoms with Crippen LogP contribution < -0.4 is 9.62 Å². The van der Waals surface area contributed by atoms with Crippen molar-refractivity contribution in [1.29, 1.82) is 0 Å². The van der Waals surface area contributed by atoms with Gasteiger partial charge in [-0.05, 0) is 67.9 Å². The summed E-state index contributed by atoms with van der Waals surface area (Å²) in [4.78, 5) is 13.3. The van der Waals surface area contributed by atoms with Crippen LogP contribution in [0.4, 0.5) is 5.69 Å². The maximum atomic E-state index is 13.3. The summed E-state index contributed by atoms with van der Waals surface area (Å²) in [5.74, 6) is -0.250. The summed E-state index contributed by atoms with van der Waals surface area (Å²) in [5.41, 5.74) is 4.75. The van der Waals surface area contributed by atoms with Crippen LogP contribution in [0.1, 0.15) is 54.5 Å². The lowest BCUT2D eigenvalue weighted by Crippen LogP contribution is -2.50. The Hall–Kier alpha value is -2.34. The van der Waals surface area contributed by atoms with Crippen LogP contribution in [0.25, 0.3) is 0 Å². The third kappa shape index (κ3) is 4.64. The highest BCUT2D eigenvalue weighted by atomic mass is 32.2. The molecule has 1 aliphatic carbocycles. The Labute approximate surface area is 174 Å². The van der Waals surface area contributed by atoms with Gasteiger partial charge < -0.3 is 5.32 Å². The van der Waals surface area contributed by atoms with E-state index >= 15 is 0 Å². The van der Waals surface area contributed by atoms with Crippen molar-refractivity contribution >= 4 is 21.6 Å². The first-order valence-corrected chi connectivity index (χ1v) is 12.0. The molecule has 6 heteroatoms. The molecule has 3 rings (SSSR count). The molecule has 0 heterocycles. The standard InChI is InChI=1S/C23H30N2O3S/c1-5-21(25(29(4,27)28)22-15-16(2)13-14-17(22)3)23(26)24-20-12-8-10-18-9-6-7-11-19(18)20/h6-7,9,11,13-15,20-21H,5,8,10,12H2,1-4H3,(H,24,26)/t20-,21-/m1/s1. The van der Waals surface area contributed by atoms with Crippen molar-refractivity contribution < 1.29 is 13.2 Å². The number of carbonyl (C=O) groups is 1. The average Bonchev–Trinajstić information content (AvgIpc) is 2.67. The van der Waals surface area contributed by atoms with Crippen molar-refractivity contribution in [1.82, 2.24) is 5.32 Å². The third-order valence-electron chi connectivity index (χ3n) is 5.62. The van der Waals surface area contributed by atoms with E-state index in [0.29, 0.717) is 12.1 Å². The molecule has 0 spiro atoms. The molecular weight excluding hydrogens is 384 g/mol. The molecular formula is C23H30N2O3S. The van der Waals surface area contributed by atoms with E-state index in [-0.39, 0.29) is 11.9 Å². The summed E-state index contributed by atoms with van der Waals surface area (Å²) in [6.07, 6.45) is 4.44. The van der Waals surface area contributed by atoms with Gasteiger partial charge in [0.2, 0.25) is 15.9 Å². The van der Waals surface area contributed by atoms with E-state index in [1.165, 1.54) is 16.1 Å². The van der Waals surface area contributed by atoms with Gasteiger partial charge >= 0.3 is 0 Å². The number of nitrogens with one attached hydrogen (secondary N) is 1. The van der Waals surface area contributed by atoms with E-state index in [2.05, 4.69) is 17.4 Å². The molecule has 29 heavy (non-hydrogen) atoms. The molecule has 2 atom stereocenters. The first-order valence-electron chi connectivity index (χ1n) is 10.2. The summed E-state index contributed by atoms with van der Waals surface area (Å²) < 4.78 is 26.8. The van der Waals surface area contributed by atoms with Crippen molar-refractivity contribution in [2.45, 2.75) is 58.5 Å². The van der Waals surface area contributed by atoms with Crippen molar-refractivity contribution in [2.75, 3.05) is 10.6 Å². The van der Waals surface area contributed by atoms with Gasteiger partial charge in [-0.3, -0.25) is 9.10 Å². The van der Waals surface area contributed by atoms with Crippen LogP contribution in [0.15, 0.2) is 42.5 Å². The molecule has 0 aromatic heterocycles. The smallest absolute Gasteiger partial charge is 0.244 e. The average molecular weight is 415 g/mol. The summed E-state index contributed by atoms with van der Waals surface area (Å²) in [6.45, 7) is 5.64. The lowest BCUT2D eigenvalue weighted by Gasteiger charge is -2.34. The van der Waals surface area contributed by atoms with Crippen LogP contribution >= 0.6 is 0 Å². The molecule has 0 unspecified atom stereocenters. The number of hydrogen-bond donors (Lipinski definition) is 1. The fourth-order valence-corrected chi connectivity index (χ4v) is 5.43. The summed E-state index contributed by atoms with van der Waals surface area (Å²) in [7, 11) is -3.64. The van der Waals surface area contributed by atoms with E-state index < -0.39 is 16.1 Å². The molecule has 0 aliphatic heterocycles. The SMILES string of the molecule is CC[C@H](C(=O)N[C@@H]1CCCc2ccccc21)N(c1cc(C)ccc1C)S(C)(=O)=O. The van der Waals surface area contributed by atoms with Gasteiger partial charge in [0.05, 0.1) is 18.0 Å². The van der Waals surface area contributed by atoms with E-state index in [0.717, 1.165) is 36.0 Å². The summed E-state index contributed by atoms with van der Waals surface area (Å²) in [5, 5.41) is 3.14. The highest BCUT2D eigenvalue weighted by Crippen LogP contribution is 2.31. The Bertz CT molecular complexity index is 1000. The van der Waals surface area contributed by atoms with E-state index in [4.69, 9.17) is 0 Å². The zero-order valence-electron chi connectivity index (χ0n) is 17.6. The van der Waals surface area contributed by atoms with Gasteiger partial charge in [0.1, 0.15) is 6.04 Å². The second-order valence-corrected chi connectivity index (χ2v) is 9.78. The van der Waals surface area contributed by atoms with Crippen LogP contribution in [0.2, 0.25) is 0 Å². The molecule has 0 fully saturated rings. The molecule has 5 nitrogen and oxygen atoms in total. The Kier molecular flexibility index (Phi) is 6.32. The third-order valence-corrected chi connectivity index (χ3v) is 6.78. The first-order chi connectivity index (χ1) is 13.7. The number of nitrogens with zero attached hydrogens (tertiary/aromatic N) is 1. The molecule has 156 valence electrons. The second kappa shape index (κ2) is 8.57. The monoisotopic (exact) mass is 414 g/mol. The molecule has 0 radical (unpaired) electrons. The molecule has 0 saturated heterocycles. The number of sulfonamides is 1. The minimum Gasteiger partial charge on any atom is -0.347 e. The number of fused-ring (bicyclic) bond motifs is 1. The zero-order chi connectivity index (χ0) is 21.2. The van der Waals surface area contributed by atoms with Gasteiger partial charge in [0, 0.05) is 0 Å².